The molecule has 26 heavy (non-hydrogen) atoms. The molecule has 2 aromatic rings. The standard InChI is InChI=1S/C15H14N4O6S/c20-18(21)12-7-8-14(15(11-12)19(22)23)17-16-9-4-10-26(24,25)13-5-2-1-3-6-13/h1-3,5-9,11,17H,4,10H2. The number of nitrogens with one attached hydrogen (secondary N) is 1. The van der Waals surface area contributed by atoms with E-state index in [1.165, 1.54) is 18.3 Å². The number of hydrogen-bond donors (Lipinski definition) is 1. The SMILES string of the molecule is O=[N+]([O-])c1ccc(NN=CCCS(=O)(=O)c2ccccc2)c([N+](=O)[O-])c1. The predicted molar refractivity (Wildman–Crippen MR) is 95.0 cm³/mol. The first-order chi connectivity index (χ1) is 12.3. The number of rotatable bonds is 8. The monoisotopic (exact) mass is 378 g/mol. The lowest BCUT2D eigenvalue weighted by molar-refractivity contribution is -0.393. The predicted octanol–water partition coefficient (Wildman–Crippen LogP) is 2.76. The molecule has 0 amide bonds. The van der Waals surface area contributed by atoms with Crippen LogP contribution in [0.4, 0.5) is 17.1 Å². The van der Waals surface area contributed by atoms with Crippen molar-refractivity contribution in [3.8, 4) is 0 Å². The third kappa shape index (κ3) is 4.83. The maximum absolute atomic E-state index is 12.1. The van der Waals surface area contributed by atoms with Crippen LogP contribution < -0.4 is 5.43 Å². The van der Waals surface area contributed by atoms with E-state index in [0.29, 0.717) is 0 Å². The third-order valence-corrected chi connectivity index (χ3v) is 5.05. The van der Waals surface area contributed by atoms with Gasteiger partial charge in [0.2, 0.25) is 0 Å². The largest absolute Gasteiger partial charge is 0.301 e. The van der Waals surface area contributed by atoms with Gasteiger partial charge in [-0.2, -0.15) is 5.10 Å². The van der Waals surface area contributed by atoms with Crippen molar-refractivity contribution in [2.75, 3.05) is 11.2 Å². The van der Waals surface area contributed by atoms with Gasteiger partial charge in [0.05, 0.1) is 26.6 Å². The van der Waals surface area contributed by atoms with Crippen molar-refractivity contribution in [1.82, 2.24) is 0 Å². The molecule has 0 spiro atoms. The fraction of sp³-hybridized carbons (Fsp3) is 0.133. The molecule has 136 valence electrons. The van der Waals surface area contributed by atoms with Crippen molar-refractivity contribution in [2.45, 2.75) is 11.3 Å². The summed E-state index contributed by atoms with van der Waals surface area (Å²) in [5, 5.41) is 25.4. The van der Waals surface area contributed by atoms with Crippen LogP contribution in [0.3, 0.4) is 0 Å². The van der Waals surface area contributed by atoms with Gasteiger partial charge in [-0.1, -0.05) is 18.2 Å². The van der Waals surface area contributed by atoms with Crippen LogP contribution in [-0.2, 0) is 9.84 Å². The molecule has 0 atom stereocenters. The van der Waals surface area contributed by atoms with Gasteiger partial charge in [-0.05, 0) is 24.6 Å². The molecule has 2 aromatic carbocycles. The fourth-order valence-electron chi connectivity index (χ4n) is 2.01. The lowest BCUT2D eigenvalue weighted by Crippen LogP contribution is -2.07. The topological polar surface area (TPSA) is 145 Å². The molecule has 0 aliphatic carbocycles. The quantitative estimate of drug-likeness (QED) is 0.422. The van der Waals surface area contributed by atoms with Crippen LogP contribution in [0, 0.1) is 20.2 Å². The highest BCUT2D eigenvalue weighted by molar-refractivity contribution is 7.91. The highest BCUT2D eigenvalue weighted by Gasteiger charge is 2.19. The van der Waals surface area contributed by atoms with Crippen molar-refractivity contribution in [1.29, 1.82) is 0 Å². The van der Waals surface area contributed by atoms with Crippen LogP contribution in [0.2, 0.25) is 0 Å². The van der Waals surface area contributed by atoms with Crippen LogP contribution in [0.5, 0.6) is 0 Å². The molecule has 0 aliphatic rings. The summed E-state index contributed by atoms with van der Waals surface area (Å²) >= 11 is 0. The fourth-order valence-corrected chi connectivity index (χ4v) is 3.24. The molecule has 1 N–H and O–H groups in total. The number of nitro groups is 2. The molecule has 0 unspecified atom stereocenters. The van der Waals surface area contributed by atoms with Crippen LogP contribution in [0.25, 0.3) is 0 Å². The Morgan fingerprint density at radius 1 is 1.04 bits per heavy atom. The first-order valence-corrected chi connectivity index (χ1v) is 8.94. The molecular formula is C15H14N4O6S. The molecule has 0 saturated heterocycles. The van der Waals surface area contributed by atoms with E-state index in [4.69, 9.17) is 0 Å². The summed E-state index contributed by atoms with van der Waals surface area (Å²) in [6, 6.07) is 11.0. The lowest BCUT2D eigenvalue weighted by atomic mass is 10.2. The van der Waals surface area contributed by atoms with Gasteiger partial charge in [0.15, 0.2) is 9.84 Å². The lowest BCUT2D eigenvalue weighted by Gasteiger charge is -2.03. The van der Waals surface area contributed by atoms with Gasteiger partial charge < -0.3 is 0 Å². The first kappa shape index (κ1) is 19.0. The van der Waals surface area contributed by atoms with Crippen LogP contribution in [-0.4, -0.2) is 30.2 Å². The van der Waals surface area contributed by atoms with Crippen molar-refractivity contribution >= 4 is 33.1 Å². The zero-order chi connectivity index (χ0) is 19.2. The highest BCUT2D eigenvalue weighted by Crippen LogP contribution is 2.28. The van der Waals surface area contributed by atoms with E-state index in [0.717, 1.165) is 18.2 Å². The van der Waals surface area contributed by atoms with Crippen LogP contribution in [0.15, 0.2) is 58.5 Å². The van der Waals surface area contributed by atoms with Gasteiger partial charge in [0, 0.05) is 12.3 Å². The summed E-state index contributed by atoms with van der Waals surface area (Å²) in [5.41, 5.74) is 1.44. The second kappa shape index (κ2) is 8.16. The Balaban J connectivity index is 2.01. The molecule has 0 saturated carbocycles. The summed E-state index contributed by atoms with van der Waals surface area (Å²) in [4.78, 5) is 20.3. The summed E-state index contributed by atoms with van der Waals surface area (Å²) in [6.45, 7) is 0. The molecule has 0 bridgehead atoms. The number of hydrogen-bond acceptors (Lipinski definition) is 8. The first-order valence-electron chi connectivity index (χ1n) is 7.29. The van der Waals surface area contributed by atoms with Gasteiger partial charge in [-0.3, -0.25) is 25.7 Å². The number of benzene rings is 2. The molecular weight excluding hydrogens is 364 g/mol. The molecule has 0 fully saturated rings. The zero-order valence-corrected chi connectivity index (χ0v) is 14.1. The summed E-state index contributed by atoms with van der Waals surface area (Å²) < 4.78 is 24.1. The minimum absolute atomic E-state index is 0.0391. The average Bonchev–Trinajstić information content (AvgIpc) is 2.62. The van der Waals surface area contributed by atoms with Crippen LogP contribution in [0.1, 0.15) is 6.42 Å². The second-order valence-corrected chi connectivity index (χ2v) is 7.17. The van der Waals surface area contributed by atoms with E-state index in [-0.39, 0.29) is 22.8 Å². The van der Waals surface area contributed by atoms with Gasteiger partial charge in [0.25, 0.3) is 5.69 Å². The molecule has 10 nitrogen and oxygen atoms in total. The molecule has 0 heterocycles. The number of anilines is 1. The smallest absolute Gasteiger partial charge is 0.272 e. The molecule has 2 rings (SSSR count). The molecule has 0 aromatic heterocycles. The maximum atomic E-state index is 12.1. The van der Waals surface area contributed by atoms with E-state index >= 15 is 0 Å². The molecule has 0 radical (unpaired) electrons. The summed E-state index contributed by atoms with van der Waals surface area (Å²) in [5.74, 6) is -0.176. The van der Waals surface area contributed by atoms with Crippen molar-refractivity contribution < 1.29 is 18.3 Å². The van der Waals surface area contributed by atoms with Crippen LogP contribution >= 0.6 is 0 Å². The van der Waals surface area contributed by atoms with Crippen molar-refractivity contribution in [3.05, 3.63) is 68.8 Å². The normalized spacial score (nSPS) is 11.4. The number of hydrazone groups is 1. The van der Waals surface area contributed by atoms with Gasteiger partial charge in [-0.25, -0.2) is 8.42 Å². The van der Waals surface area contributed by atoms with E-state index in [1.54, 1.807) is 18.2 Å². The Bertz CT molecular complexity index is 944. The third-order valence-electron chi connectivity index (χ3n) is 3.28. The van der Waals surface area contributed by atoms with Gasteiger partial charge in [0.1, 0.15) is 5.69 Å². The van der Waals surface area contributed by atoms with Crippen molar-refractivity contribution in [3.63, 3.8) is 0 Å². The van der Waals surface area contributed by atoms with Crippen molar-refractivity contribution in [2.24, 2.45) is 5.10 Å². The molecule has 0 aliphatic heterocycles. The Kier molecular flexibility index (Phi) is 5.96. The van der Waals surface area contributed by atoms with E-state index in [1.807, 2.05) is 0 Å². The van der Waals surface area contributed by atoms with E-state index < -0.39 is 31.1 Å². The minimum atomic E-state index is -3.44. The number of nitro benzene ring substituents is 2. The minimum Gasteiger partial charge on any atom is -0.272 e. The summed E-state index contributed by atoms with van der Waals surface area (Å²) in [6.07, 6.45) is 1.36. The van der Waals surface area contributed by atoms with Gasteiger partial charge in [-0.15, -0.1) is 0 Å². The number of nitrogens with zero attached hydrogens (tertiary/aromatic N) is 3. The van der Waals surface area contributed by atoms with E-state index in [9.17, 15) is 28.6 Å². The zero-order valence-electron chi connectivity index (χ0n) is 13.3. The van der Waals surface area contributed by atoms with E-state index in [2.05, 4.69) is 10.5 Å². The Morgan fingerprint density at radius 2 is 1.73 bits per heavy atom. The Morgan fingerprint density at radius 3 is 2.35 bits per heavy atom. The maximum Gasteiger partial charge on any atom is 0.301 e. The highest BCUT2D eigenvalue weighted by atomic mass is 32.2. The Labute approximate surface area is 148 Å². The average molecular weight is 378 g/mol. The Hall–Kier alpha value is -3.34. The number of non-ortho nitro benzene ring substituents is 1. The summed E-state index contributed by atoms with van der Waals surface area (Å²) in [7, 11) is -3.44. The number of sulfone groups is 1. The molecule has 11 heteroatoms. The van der Waals surface area contributed by atoms with Gasteiger partial charge >= 0.3 is 5.69 Å². The second-order valence-electron chi connectivity index (χ2n) is 5.06.